The number of nitrogens with two attached hydrogens (primary N) is 1. The first-order chi connectivity index (χ1) is 6.16. The Morgan fingerprint density at radius 3 is 3.08 bits per heavy atom. The van der Waals surface area contributed by atoms with Gasteiger partial charge < -0.3 is 16.0 Å². The van der Waals surface area contributed by atoms with Gasteiger partial charge in [0.1, 0.15) is 0 Å². The summed E-state index contributed by atoms with van der Waals surface area (Å²) in [7, 11) is -0.892. The summed E-state index contributed by atoms with van der Waals surface area (Å²) in [5, 5.41) is 11.9. The van der Waals surface area contributed by atoms with Crippen molar-refractivity contribution < 1.29 is 9.82 Å². The van der Waals surface area contributed by atoms with Crippen molar-refractivity contribution in [2.45, 2.75) is 6.42 Å². The summed E-state index contributed by atoms with van der Waals surface area (Å²) < 4.78 is 0. The average Bonchev–Trinajstić information content (AvgIpc) is 2.02. The Labute approximate surface area is 75.9 Å². The molecule has 1 aromatic carbocycles. The summed E-state index contributed by atoms with van der Waals surface area (Å²) in [6.07, 6.45) is 0.289. The van der Waals surface area contributed by atoms with Crippen LogP contribution in [0.5, 0.6) is 0 Å². The first kappa shape index (κ1) is 8.13. The standard InChI is InChI=1S/C8H9BN2O2/c10-6-1-2-7-5(3-6)4-8(12)11-9(7)13/h1-3,13H,4,10H2,(H,11,12). The van der Waals surface area contributed by atoms with Crippen molar-refractivity contribution in [2.75, 3.05) is 5.73 Å². The van der Waals surface area contributed by atoms with Gasteiger partial charge in [0, 0.05) is 5.69 Å². The molecule has 0 radical (unpaired) electrons. The van der Waals surface area contributed by atoms with E-state index < -0.39 is 7.05 Å². The van der Waals surface area contributed by atoms with Gasteiger partial charge in [-0.3, -0.25) is 4.79 Å². The van der Waals surface area contributed by atoms with Gasteiger partial charge in [-0.25, -0.2) is 0 Å². The molecule has 0 aromatic heterocycles. The Bertz CT molecular complexity index is 367. The van der Waals surface area contributed by atoms with E-state index in [9.17, 15) is 9.82 Å². The number of benzene rings is 1. The zero-order valence-electron chi connectivity index (χ0n) is 6.95. The smallest absolute Gasteiger partial charge is 0.429 e. The summed E-state index contributed by atoms with van der Waals surface area (Å²) >= 11 is 0. The van der Waals surface area contributed by atoms with Crippen molar-refractivity contribution in [2.24, 2.45) is 0 Å². The van der Waals surface area contributed by atoms with E-state index in [1.807, 2.05) is 0 Å². The molecule has 0 atom stereocenters. The van der Waals surface area contributed by atoms with Gasteiger partial charge in [-0.2, -0.15) is 0 Å². The van der Waals surface area contributed by atoms with Crippen LogP contribution >= 0.6 is 0 Å². The molecule has 1 aliphatic rings. The van der Waals surface area contributed by atoms with Crippen LogP contribution in [0.2, 0.25) is 0 Å². The minimum Gasteiger partial charge on any atom is -0.429 e. The summed E-state index contributed by atoms with van der Waals surface area (Å²) in [6.45, 7) is 0. The SMILES string of the molecule is Nc1ccc2c(c1)CC(=O)NB2O. The summed E-state index contributed by atoms with van der Waals surface area (Å²) in [5.74, 6) is -0.175. The fraction of sp³-hybridized carbons (Fsp3) is 0.125. The lowest BCUT2D eigenvalue weighted by atomic mass is 9.68. The van der Waals surface area contributed by atoms with Crippen molar-refractivity contribution in [3.63, 3.8) is 0 Å². The number of rotatable bonds is 0. The second-order valence-electron chi connectivity index (χ2n) is 3.11. The van der Waals surface area contributed by atoms with E-state index in [1.54, 1.807) is 18.2 Å². The van der Waals surface area contributed by atoms with E-state index in [4.69, 9.17) is 5.73 Å². The van der Waals surface area contributed by atoms with E-state index in [0.717, 1.165) is 11.0 Å². The fourth-order valence-corrected chi connectivity index (χ4v) is 1.50. The summed E-state index contributed by atoms with van der Waals surface area (Å²) in [4.78, 5) is 11.0. The normalized spacial score (nSPS) is 15.2. The van der Waals surface area contributed by atoms with Crippen LogP contribution in [0.1, 0.15) is 5.56 Å². The molecule has 0 bridgehead atoms. The number of hydrogen-bond acceptors (Lipinski definition) is 3. The van der Waals surface area contributed by atoms with Crippen molar-refractivity contribution in [3.8, 4) is 0 Å². The molecule has 1 heterocycles. The number of nitrogens with one attached hydrogen (secondary N) is 1. The van der Waals surface area contributed by atoms with Crippen molar-refractivity contribution in [3.05, 3.63) is 23.8 Å². The summed E-state index contributed by atoms with van der Waals surface area (Å²) in [5.41, 5.74) is 7.70. The lowest BCUT2D eigenvalue weighted by Crippen LogP contribution is -2.54. The second kappa shape index (κ2) is 2.78. The molecule has 0 aliphatic carbocycles. The fourth-order valence-electron chi connectivity index (χ4n) is 1.50. The van der Waals surface area contributed by atoms with Gasteiger partial charge in [-0.05, 0) is 23.2 Å². The van der Waals surface area contributed by atoms with E-state index in [2.05, 4.69) is 5.23 Å². The molecule has 1 aromatic rings. The lowest BCUT2D eigenvalue weighted by Gasteiger charge is -2.19. The molecular weight excluding hydrogens is 167 g/mol. The van der Waals surface area contributed by atoms with Crippen LogP contribution in [0.25, 0.3) is 0 Å². The number of fused-ring (bicyclic) bond motifs is 1. The highest BCUT2D eigenvalue weighted by molar-refractivity contribution is 6.67. The monoisotopic (exact) mass is 176 g/mol. The van der Waals surface area contributed by atoms with Crippen LogP contribution in [0.3, 0.4) is 0 Å². The Kier molecular flexibility index (Phi) is 1.74. The van der Waals surface area contributed by atoms with Gasteiger partial charge in [0.05, 0.1) is 6.42 Å². The number of nitrogen functional groups attached to an aromatic ring is 1. The maximum absolute atomic E-state index is 11.0. The maximum Gasteiger partial charge on any atom is 0.449 e. The third kappa shape index (κ3) is 1.38. The number of amides is 1. The molecule has 0 fully saturated rings. The maximum atomic E-state index is 11.0. The van der Waals surface area contributed by atoms with Gasteiger partial charge in [-0.15, -0.1) is 0 Å². The van der Waals surface area contributed by atoms with Crippen LogP contribution in [0.4, 0.5) is 5.69 Å². The van der Waals surface area contributed by atoms with E-state index in [-0.39, 0.29) is 12.3 Å². The molecule has 0 spiro atoms. The van der Waals surface area contributed by atoms with Crippen molar-refractivity contribution in [1.29, 1.82) is 0 Å². The van der Waals surface area contributed by atoms with Gasteiger partial charge in [0.25, 0.3) is 0 Å². The molecule has 5 heteroatoms. The molecule has 2 rings (SSSR count). The van der Waals surface area contributed by atoms with Crippen LogP contribution < -0.4 is 16.4 Å². The molecule has 4 nitrogen and oxygen atoms in total. The van der Waals surface area contributed by atoms with Crippen LogP contribution in [-0.4, -0.2) is 18.0 Å². The Hall–Kier alpha value is -1.49. The quantitative estimate of drug-likeness (QED) is 0.337. The molecule has 4 N–H and O–H groups in total. The Balaban J connectivity index is 2.49. The predicted molar refractivity (Wildman–Crippen MR) is 50.3 cm³/mol. The molecule has 0 unspecified atom stereocenters. The van der Waals surface area contributed by atoms with E-state index >= 15 is 0 Å². The molecular formula is C8H9BN2O2. The second-order valence-corrected chi connectivity index (χ2v) is 3.11. The minimum absolute atomic E-state index is 0.175. The highest BCUT2D eigenvalue weighted by Gasteiger charge is 2.27. The van der Waals surface area contributed by atoms with Crippen LogP contribution in [0.15, 0.2) is 18.2 Å². The van der Waals surface area contributed by atoms with Gasteiger partial charge in [-0.1, -0.05) is 6.07 Å². The first-order valence-electron chi connectivity index (χ1n) is 4.02. The first-order valence-corrected chi connectivity index (χ1v) is 4.02. The summed E-state index contributed by atoms with van der Waals surface area (Å²) in [6, 6.07) is 5.16. The number of anilines is 1. The Morgan fingerprint density at radius 2 is 2.31 bits per heavy atom. The van der Waals surface area contributed by atoms with Crippen molar-refractivity contribution >= 4 is 24.1 Å². The molecule has 0 saturated carbocycles. The lowest BCUT2D eigenvalue weighted by molar-refractivity contribution is -0.119. The highest BCUT2D eigenvalue weighted by atomic mass is 16.2. The van der Waals surface area contributed by atoms with Crippen LogP contribution in [0, 0.1) is 0 Å². The topological polar surface area (TPSA) is 75.4 Å². The molecule has 1 amide bonds. The van der Waals surface area contributed by atoms with E-state index in [0.29, 0.717) is 5.69 Å². The molecule has 13 heavy (non-hydrogen) atoms. The van der Waals surface area contributed by atoms with Gasteiger partial charge in [0.15, 0.2) is 0 Å². The van der Waals surface area contributed by atoms with E-state index in [1.165, 1.54) is 0 Å². The number of carbonyl (C=O) groups excluding carboxylic acids is 1. The third-order valence-corrected chi connectivity index (χ3v) is 2.11. The highest BCUT2D eigenvalue weighted by Crippen LogP contribution is 2.08. The van der Waals surface area contributed by atoms with Gasteiger partial charge in [0.2, 0.25) is 5.91 Å². The predicted octanol–water partition coefficient (Wildman–Crippen LogP) is -1.37. The zero-order valence-corrected chi connectivity index (χ0v) is 6.95. The molecule has 0 saturated heterocycles. The number of carbonyl (C=O) groups is 1. The van der Waals surface area contributed by atoms with Crippen molar-refractivity contribution in [1.82, 2.24) is 5.23 Å². The Morgan fingerprint density at radius 1 is 1.54 bits per heavy atom. The molecule has 1 aliphatic heterocycles. The zero-order chi connectivity index (χ0) is 9.42. The van der Waals surface area contributed by atoms with Crippen LogP contribution in [-0.2, 0) is 11.2 Å². The third-order valence-electron chi connectivity index (χ3n) is 2.11. The number of hydrogen-bond donors (Lipinski definition) is 3. The van der Waals surface area contributed by atoms with Gasteiger partial charge >= 0.3 is 7.05 Å². The minimum atomic E-state index is -0.892. The molecule has 66 valence electrons. The largest absolute Gasteiger partial charge is 0.449 e. The average molecular weight is 176 g/mol.